The van der Waals surface area contributed by atoms with Crippen molar-refractivity contribution in [2.75, 3.05) is 11.1 Å². The summed E-state index contributed by atoms with van der Waals surface area (Å²) in [4.78, 5) is 1.08. The first-order valence-electron chi connectivity index (χ1n) is 5.13. The van der Waals surface area contributed by atoms with Gasteiger partial charge in [-0.05, 0) is 31.2 Å². The van der Waals surface area contributed by atoms with Gasteiger partial charge in [0.15, 0.2) is 0 Å². The molecule has 0 amide bonds. The maximum Gasteiger partial charge on any atom is 0.148 e. The molecule has 90 valence electrons. The molecule has 3 N–H and O–H groups in total. The molecule has 0 saturated heterocycles. The molecule has 0 aliphatic heterocycles. The molecule has 0 bridgehead atoms. The maximum atomic E-state index is 13.3. The first-order chi connectivity index (χ1) is 8.08. The third-order valence-electron chi connectivity index (χ3n) is 2.45. The molecular weight excluding hydrogens is 259 g/mol. The largest absolute Gasteiger partial charge is 0.395 e. The van der Waals surface area contributed by atoms with Crippen LogP contribution in [0, 0.1) is 5.82 Å². The monoisotopic (exact) mass is 270 g/mol. The summed E-state index contributed by atoms with van der Waals surface area (Å²) in [5, 5.41) is 3.17. The summed E-state index contributed by atoms with van der Waals surface area (Å²) in [6.45, 7) is 1.98. The van der Waals surface area contributed by atoms with Gasteiger partial charge in [-0.3, -0.25) is 0 Å². The smallest absolute Gasteiger partial charge is 0.148 e. The predicted molar refractivity (Wildman–Crippen MR) is 72.2 cm³/mol. The van der Waals surface area contributed by atoms with Gasteiger partial charge in [-0.2, -0.15) is 0 Å². The molecule has 1 aromatic heterocycles. The van der Waals surface area contributed by atoms with E-state index in [1.165, 1.54) is 17.4 Å². The molecule has 1 heterocycles. The number of hydrogen-bond donors (Lipinski definition) is 2. The first-order valence-corrected chi connectivity index (χ1v) is 6.33. The number of thiophene rings is 1. The SMILES string of the molecule is CC(Nc1cccc(F)c1N)c1ccc(Cl)s1. The second-order valence-corrected chi connectivity index (χ2v) is 5.46. The van der Waals surface area contributed by atoms with Crippen molar-refractivity contribution in [3.63, 3.8) is 0 Å². The minimum Gasteiger partial charge on any atom is -0.395 e. The second-order valence-electron chi connectivity index (χ2n) is 3.71. The van der Waals surface area contributed by atoms with Crippen LogP contribution in [0.25, 0.3) is 0 Å². The molecular formula is C12H12ClFN2S. The van der Waals surface area contributed by atoms with E-state index in [0.29, 0.717) is 5.69 Å². The zero-order chi connectivity index (χ0) is 12.4. The van der Waals surface area contributed by atoms with Crippen LogP contribution >= 0.6 is 22.9 Å². The zero-order valence-corrected chi connectivity index (χ0v) is 10.8. The highest BCUT2D eigenvalue weighted by molar-refractivity contribution is 7.16. The Labute approximate surface area is 108 Å². The number of anilines is 2. The summed E-state index contributed by atoms with van der Waals surface area (Å²) >= 11 is 7.36. The Hall–Kier alpha value is -1.26. The summed E-state index contributed by atoms with van der Waals surface area (Å²) < 4.78 is 14.0. The van der Waals surface area contributed by atoms with Crippen LogP contribution < -0.4 is 11.1 Å². The van der Waals surface area contributed by atoms with Crippen molar-refractivity contribution in [3.05, 3.63) is 45.4 Å². The number of nitrogens with one attached hydrogen (secondary N) is 1. The molecule has 1 aromatic carbocycles. The third-order valence-corrected chi connectivity index (χ3v) is 3.86. The van der Waals surface area contributed by atoms with E-state index in [2.05, 4.69) is 5.32 Å². The number of para-hydroxylation sites is 1. The van der Waals surface area contributed by atoms with Gasteiger partial charge >= 0.3 is 0 Å². The van der Waals surface area contributed by atoms with Crippen molar-refractivity contribution in [2.24, 2.45) is 0 Å². The molecule has 0 aliphatic carbocycles. The Kier molecular flexibility index (Phi) is 3.54. The molecule has 1 atom stereocenters. The fourth-order valence-corrected chi connectivity index (χ4v) is 2.59. The van der Waals surface area contributed by atoms with Crippen LogP contribution in [-0.4, -0.2) is 0 Å². The Bertz CT molecular complexity index is 527. The van der Waals surface area contributed by atoms with E-state index in [0.717, 1.165) is 9.21 Å². The second kappa shape index (κ2) is 4.94. The molecule has 0 spiro atoms. The van der Waals surface area contributed by atoms with Crippen molar-refractivity contribution in [1.82, 2.24) is 0 Å². The zero-order valence-electron chi connectivity index (χ0n) is 9.21. The van der Waals surface area contributed by atoms with Crippen LogP contribution in [0.15, 0.2) is 30.3 Å². The summed E-state index contributed by atoms with van der Waals surface area (Å²) in [6, 6.07) is 8.55. The standard InChI is InChI=1S/C12H12ClFN2S/c1-7(10-5-6-11(13)17-10)16-9-4-2-3-8(14)12(9)15/h2-7,16H,15H2,1H3. The summed E-state index contributed by atoms with van der Waals surface area (Å²) in [6.07, 6.45) is 0. The molecule has 2 nitrogen and oxygen atoms in total. The van der Waals surface area contributed by atoms with Crippen LogP contribution in [-0.2, 0) is 0 Å². The topological polar surface area (TPSA) is 38.0 Å². The van der Waals surface area contributed by atoms with Crippen molar-refractivity contribution in [3.8, 4) is 0 Å². The van der Waals surface area contributed by atoms with Gasteiger partial charge in [0.05, 0.1) is 21.8 Å². The molecule has 2 rings (SSSR count). The van der Waals surface area contributed by atoms with E-state index in [-0.39, 0.29) is 11.7 Å². The van der Waals surface area contributed by atoms with Crippen LogP contribution in [0.2, 0.25) is 4.34 Å². The minimum atomic E-state index is -0.411. The fourth-order valence-electron chi connectivity index (χ4n) is 1.53. The average Bonchev–Trinajstić information content (AvgIpc) is 2.72. The van der Waals surface area contributed by atoms with Gasteiger partial charge in [-0.25, -0.2) is 4.39 Å². The minimum absolute atomic E-state index is 0.0385. The Balaban J connectivity index is 2.18. The first kappa shape index (κ1) is 12.2. The van der Waals surface area contributed by atoms with Crippen molar-refractivity contribution in [1.29, 1.82) is 0 Å². The third kappa shape index (κ3) is 2.70. The fraction of sp³-hybridized carbons (Fsp3) is 0.167. The molecule has 17 heavy (non-hydrogen) atoms. The maximum absolute atomic E-state index is 13.3. The number of nitrogens with two attached hydrogens (primary N) is 1. The van der Waals surface area contributed by atoms with E-state index in [4.69, 9.17) is 17.3 Å². The van der Waals surface area contributed by atoms with E-state index in [1.54, 1.807) is 12.1 Å². The number of benzene rings is 1. The van der Waals surface area contributed by atoms with E-state index >= 15 is 0 Å². The number of nitrogen functional groups attached to an aromatic ring is 1. The van der Waals surface area contributed by atoms with E-state index < -0.39 is 5.82 Å². The molecule has 0 fully saturated rings. The molecule has 1 unspecified atom stereocenters. The Morgan fingerprint density at radius 3 is 2.76 bits per heavy atom. The summed E-state index contributed by atoms with van der Waals surface area (Å²) in [5.41, 5.74) is 6.39. The lowest BCUT2D eigenvalue weighted by Crippen LogP contribution is -2.07. The van der Waals surface area contributed by atoms with Gasteiger partial charge in [0.2, 0.25) is 0 Å². The van der Waals surface area contributed by atoms with Crippen molar-refractivity contribution < 1.29 is 4.39 Å². The van der Waals surface area contributed by atoms with Crippen molar-refractivity contribution in [2.45, 2.75) is 13.0 Å². The van der Waals surface area contributed by atoms with Crippen molar-refractivity contribution >= 4 is 34.3 Å². The molecule has 2 aromatic rings. The lowest BCUT2D eigenvalue weighted by atomic mass is 10.2. The van der Waals surface area contributed by atoms with Gasteiger partial charge in [0, 0.05) is 4.88 Å². The van der Waals surface area contributed by atoms with Gasteiger partial charge in [0.25, 0.3) is 0 Å². The van der Waals surface area contributed by atoms with E-state index in [1.807, 2.05) is 19.1 Å². The lowest BCUT2D eigenvalue weighted by Gasteiger charge is -2.15. The Morgan fingerprint density at radius 1 is 1.35 bits per heavy atom. The highest BCUT2D eigenvalue weighted by Crippen LogP contribution is 2.31. The quantitative estimate of drug-likeness (QED) is 0.816. The average molecular weight is 271 g/mol. The molecule has 0 aliphatic rings. The van der Waals surface area contributed by atoms with Gasteiger partial charge < -0.3 is 11.1 Å². The van der Waals surface area contributed by atoms with Crippen LogP contribution in [0.1, 0.15) is 17.8 Å². The van der Waals surface area contributed by atoms with Gasteiger partial charge in [0.1, 0.15) is 5.82 Å². The highest BCUT2D eigenvalue weighted by Gasteiger charge is 2.11. The number of halogens is 2. The highest BCUT2D eigenvalue weighted by atomic mass is 35.5. The number of rotatable bonds is 3. The number of hydrogen-bond acceptors (Lipinski definition) is 3. The van der Waals surface area contributed by atoms with Gasteiger partial charge in [-0.15, -0.1) is 11.3 Å². The van der Waals surface area contributed by atoms with Crippen LogP contribution in [0.5, 0.6) is 0 Å². The molecule has 5 heteroatoms. The lowest BCUT2D eigenvalue weighted by molar-refractivity contribution is 0.632. The summed E-state index contributed by atoms with van der Waals surface area (Å²) in [5.74, 6) is -0.411. The summed E-state index contributed by atoms with van der Waals surface area (Å²) in [7, 11) is 0. The predicted octanol–water partition coefficient (Wildman–Crippen LogP) is 4.30. The normalized spacial score (nSPS) is 12.4. The van der Waals surface area contributed by atoms with Crippen LogP contribution in [0.4, 0.5) is 15.8 Å². The van der Waals surface area contributed by atoms with Crippen LogP contribution in [0.3, 0.4) is 0 Å². The molecule has 0 radical (unpaired) electrons. The Morgan fingerprint density at radius 2 is 2.12 bits per heavy atom. The molecule has 0 saturated carbocycles. The van der Waals surface area contributed by atoms with E-state index in [9.17, 15) is 4.39 Å². The van der Waals surface area contributed by atoms with Gasteiger partial charge in [-0.1, -0.05) is 17.7 Å².